The van der Waals surface area contributed by atoms with Crippen molar-refractivity contribution in [1.82, 2.24) is 14.3 Å². The van der Waals surface area contributed by atoms with Gasteiger partial charge in [0.2, 0.25) is 0 Å². The Morgan fingerprint density at radius 2 is 1.86 bits per heavy atom. The molecule has 0 fully saturated rings. The first-order valence-corrected chi connectivity index (χ1v) is 13.0. The number of amides is 2. The summed E-state index contributed by atoms with van der Waals surface area (Å²) in [7, 11) is -3.97. The number of benzene rings is 2. The second-order valence-corrected chi connectivity index (χ2v) is 11.2. The minimum Gasteiger partial charge on any atom is -0.307 e. The molecule has 14 heteroatoms. The van der Waals surface area contributed by atoms with Crippen LogP contribution in [0.2, 0.25) is 0 Å². The first-order chi connectivity index (χ1) is 16.7. The van der Waals surface area contributed by atoms with Crippen molar-refractivity contribution < 1.29 is 22.5 Å². The number of sulfonamides is 1. The van der Waals surface area contributed by atoms with Gasteiger partial charge in [-0.2, -0.15) is 5.90 Å². The van der Waals surface area contributed by atoms with E-state index in [0.29, 0.717) is 33.0 Å². The molecule has 4 rings (SSSR count). The third-order valence-electron chi connectivity index (χ3n) is 4.77. The molecule has 4 N–H and O–H groups in total. The predicted molar refractivity (Wildman–Crippen MR) is 133 cm³/mol. The Kier molecular flexibility index (Phi) is 7.20. The zero-order chi connectivity index (χ0) is 25.2. The van der Waals surface area contributed by atoms with Gasteiger partial charge in [0.05, 0.1) is 28.6 Å². The zero-order valence-corrected chi connectivity index (χ0v) is 20.8. The Hall–Kier alpha value is -3.27. The van der Waals surface area contributed by atoms with E-state index in [1.165, 1.54) is 10.6 Å². The Balaban J connectivity index is 1.55. The van der Waals surface area contributed by atoms with E-state index in [1.54, 1.807) is 62.4 Å². The van der Waals surface area contributed by atoms with Crippen molar-refractivity contribution in [2.75, 3.05) is 5.32 Å². The predicted octanol–water partition coefficient (Wildman–Crippen LogP) is 3.40. The van der Waals surface area contributed by atoms with Gasteiger partial charge < -0.3 is 5.32 Å². The maximum absolute atomic E-state index is 13.2. The lowest BCUT2D eigenvalue weighted by molar-refractivity contribution is -0.195. The normalized spacial score (nSPS) is 11.5. The second kappa shape index (κ2) is 10.2. The van der Waals surface area contributed by atoms with Crippen LogP contribution in [0.25, 0.3) is 16.6 Å². The van der Waals surface area contributed by atoms with Gasteiger partial charge in [0.1, 0.15) is 10.0 Å². The van der Waals surface area contributed by atoms with E-state index >= 15 is 0 Å². The molecule has 0 aliphatic rings. The molecule has 0 aliphatic heterocycles. The number of thiophene rings is 1. The third kappa shape index (κ3) is 5.53. The monoisotopic (exact) mass is 533 g/mol. The molecule has 0 spiro atoms. The van der Waals surface area contributed by atoms with Crippen molar-refractivity contribution in [3.05, 3.63) is 75.7 Å². The zero-order valence-electron chi connectivity index (χ0n) is 18.3. The van der Waals surface area contributed by atoms with Crippen LogP contribution in [0.4, 0.5) is 10.5 Å². The highest BCUT2D eigenvalue weighted by Gasteiger charge is 2.19. The van der Waals surface area contributed by atoms with Gasteiger partial charge in [-0.05, 0) is 68.4 Å². The molecular formula is C21H19N5O6S3. The quantitative estimate of drug-likeness (QED) is 0.184. The van der Waals surface area contributed by atoms with Crippen LogP contribution in [0.3, 0.4) is 0 Å². The van der Waals surface area contributed by atoms with Crippen LogP contribution in [0.5, 0.6) is 0 Å². The number of hydrogen-bond donors (Lipinski definition) is 3. The third-order valence-corrected chi connectivity index (χ3v) is 8.18. The summed E-state index contributed by atoms with van der Waals surface area (Å²) in [4.78, 5) is 35.4. The number of nitrogens with one attached hydrogen (secondary N) is 2. The largest absolute Gasteiger partial charge is 0.333 e. The Morgan fingerprint density at radius 1 is 1.11 bits per heavy atom. The standard InChI is InChI=1S/C21H19N5O6S3/c1-12-3-10-19(33-12)35(29,30)25-21(28)24-14-4-6-15(7-5-14)26-13(2)23-18-9-8-16(34-32-31-22)11-17(18)20(26)27/h3-11H,22H2,1-2H3,(H2,24,25,28). The summed E-state index contributed by atoms with van der Waals surface area (Å²) in [6, 6.07) is 13.5. The molecule has 2 aromatic carbocycles. The van der Waals surface area contributed by atoms with Gasteiger partial charge in [-0.1, -0.05) is 0 Å². The molecule has 0 aliphatic carbocycles. The maximum atomic E-state index is 13.2. The summed E-state index contributed by atoms with van der Waals surface area (Å²) in [6.45, 7) is 3.47. The second-order valence-electron chi connectivity index (χ2n) is 7.20. The average molecular weight is 534 g/mol. The fraction of sp³-hybridized carbons (Fsp3) is 0.0952. The maximum Gasteiger partial charge on any atom is 0.333 e. The molecule has 4 aromatic rings. The van der Waals surface area contributed by atoms with Crippen molar-refractivity contribution in [1.29, 1.82) is 0 Å². The highest BCUT2D eigenvalue weighted by Crippen LogP contribution is 2.23. The number of carbonyl (C=O) groups excluding carboxylic acids is 1. The van der Waals surface area contributed by atoms with Gasteiger partial charge in [0.25, 0.3) is 15.6 Å². The number of nitrogens with zero attached hydrogens (tertiary/aromatic N) is 2. The van der Waals surface area contributed by atoms with Gasteiger partial charge in [-0.3, -0.25) is 9.36 Å². The summed E-state index contributed by atoms with van der Waals surface area (Å²) < 4.78 is 32.7. The number of fused-ring (bicyclic) bond motifs is 1. The molecular weight excluding hydrogens is 514 g/mol. The van der Waals surface area contributed by atoms with Crippen LogP contribution in [-0.2, 0) is 19.3 Å². The van der Waals surface area contributed by atoms with Gasteiger partial charge >= 0.3 is 6.03 Å². The van der Waals surface area contributed by atoms with E-state index in [0.717, 1.165) is 28.3 Å². The minimum atomic E-state index is -3.97. The molecule has 182 valence electrons. The van der Waals surface area contributed by atoms with Crippen molar-refractivity contribution in [3.63, 3.8) is 0 Å². The molecule has 0 bridgehead atoms. The van der Waals surface area contributed by atoms with Gasteiger partial charge in [-0.15, -0.1) is 20.7 Å². The molecule has 2 amide bonds. The summed E-state index contributed by atoms with van der Waals surface area (Å²) in [5.41, 5.74) is 1.05. The Bertz CT molecular complexity index is 1560. The van der Waals surface area contributed by atoms with Crippen LogP contribution in [0, 0.1) is 13.8 Å². The Morgan fingerprint density at radius 3 is 2.51 bits per heavy atom. The molecule has 35 heavy (non-hydrogen) atoms. The summed E-state index contributed by atoms with van der Waals surface area (Å²) >= 11 is 1.91. The summed E-state index contributed by atoms with van der Waals surface area (Å²) in [5.74, 6) is 5.32. The molecule has 0 saturated carbocycles. The van der Waals surface area contributed by atoms with Crippen molar-refractivity contribution >= 4 is 56.0 Å². The summed E-state index contributed by atoms with van der Waals surface area (Å²) in [5, 5.41) is 2.83. The lowest BCUT2D eigenvalue weighted by atomic mass is 10.2. The number of carbonyl (C=O) groups is 1. The van der Waals surface area contributed by atoms with Crippen LogP contribution in [0.1, 0.15) is 10.7 Å². The number of nitrogens with two attached hydrogens (primary N) is 1. The number of hydrogen-bond acceptors (Lipinski definition) is 10. The smallest absolute Gasteiger partial charge is 0.307 e. The highest BCUT2D eigenvalue weighted by atomic mass is 32.2. The SMILES string of the molecule is Cc1ccc(S(=O)(=O)NC(=O)Nc2ccc(-n3c(C)nc4ccc(SOON)cc4c3=O)cc2)s1. The van der Waals surface area contributed by atoms with Gasteiger partial charge in [-0.25, -0.2) is 22.9 Å². The molecule has 0 radical (unpaired) electrons. The van der Waals surface area contributed by atoms with Crippen LogP contribution in [-0.4, -0.2) is 24.0 Å². The number of urea groups is 1. The molecule has 11 nitrogen and oxygen atoms in total. The average Bonchev–Trinajstić information content (AvgIpc) is 3.26. The van der Waals surface area contributed by atoms with E-state index in [1.807, 2.05) is 4.72 Å². The van der Waals surface area contributed by atoms with Crippen molar-refractivity contribution in [2.45, 2.75) is 23.0 Å². The fourth-order valence-corrected chi connectivity index (χ4v) is 5.87. The Labute approximate surface area is 208 Å². The fourth-order valence-electron chi connectivity index (χ4n) is 3.27. The van der Waals surface area contributed by atoms with Crippen LogP contribution >= 0.6 is 23.4 Å². The molecule has 2 aromatic heterocycles. The lowest BCUT2D eigenvalue weighted by Crippen LogP contribution is -2.33. The van der Waals surface area contributed by atoms with E-state index < -0.39 is 16.1 Å². The lowest BCUT2D eigenvalue weighted by Gasteiger charge is -2.12. The van der Waals surface area contributed by atoms with Crippen LogP contribution in [0.15, 0.2) is 68.5 Å². The van der Waals surface area contributed by atoms with Gasteiger partial charge in [0.15, 0.2) is 0 Å². The van der Waals surface area contributed by atoms with E-state index in [-0.39, 0.29) is 9.77 Å². The van der Waals surface area contributed by atoms with E-state index in [9.17, 15) is 18.0 Å². The number of aromatic nitrogens is 2. The number of aryl methyl sites for hydroxylation is 2. The molecule has 0 atom stereocenters. The molecule has 0 unspecified atom stereocenters. The van der Waals surface area contributed by atoms with Crippen LogP contribution < -0.4 is 21.5 Å². The van der Waals surface area contributed by atoms with E-state index in [2.05, 4.69) is 19.6 Å². The highest BCUT2D eigenvalue weighted by molar-refractivity contribution is 7.94. The minimum absolute atomic E-state index is 0.0443. The first kappa shape index (κ1) is 24.8. The van der Waals surface area contributed by atoms with Crippen molar-refractivity contribution in [3.8, 4) is 5.69 Å². The molecule has 2 heterocycles. The molecule has 0 saturated heterocycles. The van der Waals surface area contributed by atoms with Gasteiger partial charge in [0, 0.05) is 15.5 Å². The first-order valence-electron chi connectivity index (χ1n) is 9.92. The topological polar surface area (TPSA) is 155 Å². The summed E-state index contributed by atoms with van der Waals surface area (Å²) in [6.07, 6.45) is 0. The number of anilines is 1. The van der Waals surface area contributed by atoms with E-state index in [4.69, 9.17) is 5.90 Å². The van der Waals surface area contributed by atoms with Crippen molar-refractivity contribution in [2.24, 2.45) is 5.90 Å². The number of rotatable bonds is 7.